The molecule has 1 aromatic heterocycles. The monoisotopic (exact) mass is 249 g/mol. The van der Waals surface area contributed by atoms with Crippen LogP contribution in [0.5, 0.6) is 5.88 Å². The van der Waals surface area contributed by atoms with Crippen LogP contribution in [0.4, 0.5) is 5.69 Å². The standard InChI is InChI=1S/C13H19N3O2/c1-3-18-13-11(5-4-6-15-13)16-12(17)10-8-14-7-9(10)2/h4-6,9-10,14H,3,7-8H2,1-2H3,(H,16,17)/t9-,10-/m1/s1. The van der Waals surface area contributed by atoms with Crippen LogP contribution in [0.2, 0.25) is 0 Å². The molecule has 1 fully saturated rings. The van der Waals surface area contributed by atoms with Crippen LogP contribution in [0.1, 0.15) is 13.8 Å². The van der Waals surface area contributed by atoms with Gasteiger partial charge in [0.25, 0.3) is 0 Å². The number of hydrogen-bond acceptors (Lipinski definition) is 4. The summed E-state index contributed by atoms with van der Waals surface area (Å²) in [5.41, 5.74) is 0.642. The van der Waals surface area contributed by atoms with Crippen molar-refractivity contribution in [1.82, 2.24) is 10.3 Å². The summed E-state index contributed by atoms with van der Waals surface area (Å²) < 4.78 is 5.39. The number of ether oxygens (including phenoxy) is 1. The maximum absolute atomic E-state index is 12.1. The summed E-state index contributed by atoms with van der Waals surface area (Å²) in [5, 5.41) is 6.12. The fourth-order valence-electron chi connectivity index (χ4n) is 2.12. The molecule has 5 heteroatoms. The zero-order chi connectivity index (χ0) is 13.0. The van der Waals surface area contributed by atoms with Crippen molar-refractivity contribution in [3.8, 4) is 5.88 Å². The number of amides is 1. The Bertz CT molecular complexity index is 422. The normalized spacial score (nSPS) is 22.8. The van der Waals surface area contributed by atoms with Crippen LogP contribution in [0.25, 0.3) is 0 Å². The molecule has 1 aromatic rings. The fourth-order valence-corrected chi connectivity index (χ4v) is 2.12. The third-order valence-electron chi connectivity index (χ3n) is 3.16. The average molecular weight is 249 g/mol. The molecule has 2 heterocycles. The third kappa shape index (κ3) is 2.79. The molecule has 1 saturated heterocycles. The van der Waals surface area contributed by atoms with E-state index in [1.165, 1.54) is 0 Å². The highest BCUT2D eigenvalue weighted by atomic mass is 16.5. The second-order valence-corrected chi connectivity index (χ2v) is 4.52. The van der Waals surface area contributed by atoms with Gasteiger partial charge in [0, 0.05) is 12.7 Å². The summed E-state index contributed by atoms with van der Waals surface area (Å²) in [7, 11) is 0. The Morgan fingerprint density at radius 2 is 2.44 bits per heavy atom. The van der Waals surface area contributed by atoms with Crippen molar-refractivity contribution in [2.24, 2.45) is 11.8 Å². The Kier molecular flexibility index (Phi) is 4.15. The first-order valence-corrected chi connectivity index (χ1v) is 6.31. The fraction of sp³-hybridized carbons (Fsp3) is 0.538. The van der Waals surface area contributed by atoms with Crippen LogP contribution >= 0.6 is 0 Å². The number of carbonyl (C=O) groups is 1. The number of pyridine rings is 1. The number of carbonyl (C=O) groups excluding carboxylic acids is 1. The molecule has 0 bridgehead atoms. The van der Waals surface area contributed by atoms with Gasteiger partial charge in [0.2, 0.25) is 11.8 Å². The second-order valence-electron chi connectivity index (χ2n) is 4.52. The van der Waals surface area contributed by atoms with Crippen LogP contribution in [-0.2, 0) is 4.79 Å². The van der Waals surface area contributed by atoms with Crippen LogP contribution in [0.15, 0.2) is 18.3 Å². The summed E-state index contributed by atoms with van der Waals surface area (Å²) in [6.45, 7) is 6.13. The minimum absolute atomic E-state index is 0.0136. The van der Waals surface area contributed by atoms with Gasteiger partial charge in [0.15, 0.2) is 0 Å². The first-order valence-electron chi connectivity index (χ1n) is 6.31. The molecule has 0 aromatic carbocycles. The highest BCUT2D eigenvalue weighted by molar-refractivity contribution is 5.94. The van der Waals surface area contributed by atoms with Crippen molar-refractivity contribution in [2.75, 3.05) is 25.0 Å². The third-order valence-corrected chi connectivity index (χ3v) is 3.16. The molecule has 2 atom stereocenters. The molecule has 0 spiro atoms. The maximum atomic E-state index is 12.1. The van der Waals surface area contributed by atoms with E-state index < -0.39 is 0 Å². The van der Waals surface area contributed by atoms with Crippen molar-refractivity contribution in [2.45, 2.75) is 13.8 Å². The van der Waals surface area contributed by atoms with Crippen molar-refractivity contribution in [3.63, 3.8) is 0 Å². The molecule has 2 N–H and O–H groups in total. The molecule has 1 amide bonds. The number of rotatable bonds is 4. The predicted molar refractivity (Wildman–Crippen MR) is 69.6 cm³/mol. The highest BCUT2D eigenvalue weighted by Crippen LogP contribution is 2.23. The molecule has 1 aliphatic heterocycles. The van der Waals surface area contributed by atoms with E-state index in [0.717, 1.165) is 13.1 Å². The topological polar surface area (TPSA) is 63.2 Å². The van der Waals surface area contributed by atoms with Crippen molar-refractivity contribution < 1.29 is 9.53 Å². The van der Waals surface area contributed by atoms with Gasteiger partial charge in [0.05, 0.1) is 12.5 Å². The van der Waals surface area contributed by atoms with Gasteiger partial charge in [-0.1, -0.05) is 6.92 Å². The van der Waals surface area contributed by atoms with Gasteiger partial charge in [0.1, 0.15) is 5.69 Å². The van der Waals surface area contributed by atoms with E-state index >= 15 is 0 Å². The minimum Gasteiger partial charge on any atom is -0.476 e. The first kappa shape index (κ1) is 12.8. The van der Waals surface area contributed by atoms with E-state index in [1.807, 2.05) is 13.0 Å². The van der Waals surface area contributed by atoms with Gasteiger partial charge >= 0.3 is 0 Å². The number of aromatic nitrogens is 1. The number of anilines is 1. The molecule has 0 aliphatic carbocycles. The van der Waals surface area contributed by atoms with Crippen LogP contribution < -0.4 is 15.4 Å². The molecule has 0 unspecified atom stereocenters. The summed E-state index contributed by atoms with van der Waals surface area (Å²) in [6.07, 6.45) is 1.65. The Balaban J connectivity index is 2.06. The van der Waals surface area contributed by atoms with E-state index in [9.17, 15) is 4.79 Å². The van der Waals surface area contributed by atoms with Crippen LogP contribution in [0.3, 0.4) is 0 Å². The lowest BCUT2D eigenvalue weighted by Gasteiger charge is -2.15. The van der Waals surface area contributed by atoms with Gasteiger partial charge in [-0.25, -0.2) is 4.98 Å². The van der Waals surface area contributed by atoms with Gasteiger partial charge in [-0.3, -0.25) is 4.79 Å². The first-order chi connectivity index (χ1) is 8.72. The van der Waals surface area contributed by atoms with E-state index in [2.05, 4.69) is 22.5 Å². The van der Waals surface area contributed by atoms with Gasteiger partial charge in [-0.05, 0) is 31.5 Å². The van der Waals surface area contributed by atoms with E-state index in [-0.39, 0.29) is 11.8 Å². The molecular weight excluding hydrogens is 230 g/mol. The zero-order valence-corrected chi connectivity index (χ0v) is 10.8. The Labute approximate surface area is 107 Å². The number of hydrogen-bond donors (Lipinski definition) is 2. The Hall–Kier alpha value is -1.62. The second kappa shape index (κ2) is 5.82. The summed E-state index contributed by atoms with van der Waals surface area (Å²) in [5.74, 6) is 0.880. The lowest BCUT2D eigenvalue weighted by Crippen LogP contribution is -2.28. The summed E-state index contributed by atoms with van der Waals surface area (Å²) in [4.78, 5) is 16.3. The Morgan fingerprint density at radius 1 is 1.61 bits per heavy atom. The largest absolute Gasteiger partial charge is 0.476 e. The van der Waals surface area contributed by atoms with Crippen LogP contribution in [0, 0.1) is 11.8 Å². The van der Waals surface area contributed by atoms with E-state index in [4.69, 9.17) is 4.74 Å². The highest BCUT2D eigenvalue weighted by Gasteiger charge is 2.29. The molecule has 18 heavy (non-hydrogen) atoms. The maximum Gasteiger partial charge on any atom is 0.237 e. The molecule has 2 rings (SSSR count). The molecular formula is C13H19N3O2. The minimum atomic E-state index is 0.0136. The summed E-state index contributed by atoms with van der Waals surface area (Å²) in [6, 6.07) is 3.59. The predicted octanol–water partition coefficient (Wildman–Crippen LogP) is 1.27. The van der Waals surface area contributed by atoms with E-state index in [1.54, 1.807) is 12.3 Å². The Morgan fingerprint density at radius 3 is 3.11 bits per heavy atom. The SMILES string of the molecule is CCOc1ncccc1NC(=O)[C@@H]1CNC[C@H]1C. The van der Waals surface area contributed by atoms with Gasteiger partial charge in [-0.15, -0.1) is 0 Å². The number of nitrogens with zero attached hydrogens (tertiary/aromatic N) is 1. The smallest absolute Gasteiger partial charge is 0.237 e. The van der Waals surface area contributed by atoms with Crippen molar-refractivity contribution >= 4 is 11.6 Å². The van der Waals surface area contributed by atoms with Crippen LogP contribution in [-0.4, -0.2) is 30.6 Å². The van der Waals surface area contributed by atoms with Gasteiger partial charge in [-0.2, -0.15) is 0 Å². The lowest BCUT2D eigenvalue weighted by atomic mass is 9.97. The van der Waals surface area contributed by atoms with Gasteiger partial charge < -0.3 is 15.4 Å². The zero-order valence-electron chi connectivity index (χ0n) is 10.8. The quantitative estimate of drug-likeness (QED) is 0.843. The number of nitrogens with one attached hydrogen (secondary N) is 2. The molecule has 98 valence electrons. The molecule has 1 aliphatic rings. The summed E-state index contributed by atoms with van der Waals surface area (Å²) >= 11 is 0. The molecule has 0 saturated carbocycles. The molecule has 0 radical (unpaired) electrons. The molecule has 5 nitrogen and oxygen atoms in total. The van der Waals surface area contributed by atoms with Crippen molar-refractivity contribution in [1.29, 1.82) is 0 Å². The van der Waals surface area contributed by atoms with Crippen molar-refractivity contribution in [3.05, 3.63) is 18.3 Å². The average Bonchev–Trinajstić information content (AvgIpc) is 2.78. The van der Waals surface area contributed by atoms with E-state index in [0.29, 0.717) is 24.1 Å². The lowest BCUT2D eigenvalue weighted by molar-refractivity contribution is -0.120.